The number of nitro benzene ring substituents is 1. The Morgan fingerprint density at radius 2 is 2.29 bits per heavy atom. The first-order valence-electron chi connectivity index (χ1n) is 5.78. The van der Waals surface area contributed by atoms with Crippen molar-refractivity contribution >= 4 is 28.7 Å². The molecule has 1 heterocycles. The first kappa shape index (κ1) is 14.9. The topological polar surface area (TPSA) is 105 Å². The molecule has 0 spiro atoms. The van der Waals surface area contributed by atoms with Crippen LogP contribution in [0.25, 0.3) is 0 Å². The summed E-state index contributed by atoms with van der Waals surface area (Å²) in [6.07, 6.45) is 0. The van der Waals surface area contributed by atoms with Crippen LogP contribution in [0.3, 0.4) is 0 Å². The number of nitrogens with one attached hydrogen (secondary N) is 1. The van der Waals surface area contributed by atoms with Gasteiger partial charge in [-0.15, -0.1) is 11.3 Å². The largest absolute Gasteiger partial charge is 0.476 e. The fraction of sp³-hybridized carbons (Fsp3) is 0.167. The fourth-order valence-corrected chi connectivity index (χ4v) is 2.50. The minimum Gasteiger partial charge on any atom is -0.476 e. The average molecular weight is 311 g/mol. The van der Waals surface area contributed by atoms with E-state index in [4.69, 9.17) is 5.11 Å². The van der Waals surface area contributed by atoms with E-state index in [9.17, 15) is 19.3 Å². The van der Waals surface area contributed by atoms with Crippen molar-refractivity contribution in [2.24, 2.45) is 0 Å². The molecule has 2 rings (SSSR count). The smallest absolute Gasteiger partial charge is 0.355 e. The summed E-state index contributed by atoms with van der Waals surface area (Å²) in [5.74, 6) is -2.09. The summed E-state index contributed by atoms with van der Waals surface area (Å²) >= 11 is 1.11. The highest BCUT2D eigenvalue weighted by Gasteiger charge is 2.22. The molecule has 1 aromatic carbocycles. The number of benzene rings is 1. The third-order valence-electron chi connectivity index (χ3n) is 2.65. The summed E-state index contributed by atoms with van der Waals surface area (Å²) in [5.41, 5.74) is -0.740. The van der Waals surface area contributed by atoms with Crippen molar-refractivity contribution < 1.29 is 19.2 Å². The number of anilines is 1. The summed E-state index contributed by atoms with van der Waals surface area (Å²) in [4.78, 5) is 24.7. The molecule has 2 aromatic rings. The van der Waals surface area contributed by atoms with E-state index in [1.807, 2.05) is 0 Å². The van der Waals surface area contributed by atoms with E-state index in [0.29, 0.717) is 5.01 Å². The van der Waals surface area contributed by atoms with Gasteiger partial charge < -0.3 is 10.4 Å². The van der Waals surface area contributed by atoms with Gasteiger partial charge in [0.15, 0.2) is 5.69 Å². The third-order valence-corrected chi connectivity index (χ3v) is 3.68. The van der Waals surface area contributed by atoms with E-state index in [1.165, 1.54) is 17.5 Å². The number of aromatic carboxylic acids is 1. The molecule has 9 heteroatoms. The molecule has 0 radical (unpaired) electrons. The molecule has 1 aromatic heterocycles. The normalized spacial score (nSPS) is 11.9. The maximum atomic E-state index is 13.5. The lowest BCUT2D eigenvalue weighted by Crippen LogP contribution is -2.09. The van der Waals surface area contributed by atoms with Crippen LogP contribution in [-0.4, -0.2) is 21.0 Å². The first-order valence-corrected chi connectivity index (χ1v) is 6.66. The number of carboxylic acid groups (broad SMARTS) is 1. The van der Waals surface area contributed by atoms with E-state index in [2.05, 4.69) is 10.3 Å². The Morgan fingerprint density at radius 3 is 2.86 bits per heavy atom. The van der Waals surface area contributed by atoms with E-state index in [0.717, 1.165) is 17.4 Å². The van der Waals surface area contributed by atoms with Gasteiger partial charge >= 0.3 is 11.7 Å². The molecule has 2 N–H and O–H groups in total. The van der Waals surface area contributed by atoms with Gasteiger partial charge in [-0.05, 0) is 19.1 Å². The van der Waals surface area contributed by atoms with Gasteiger partial charge in [0, 0.05) is 5.38 Å². The number of hydrogen-bond acceptors (Lipinski definition) is 6. The predicted octanol–water partition coefficient (Wildman–Crippen LogP) is 3.06. The first-order chi connectivity index (χ1) is 9.90. The molecular formula is C12H10FN3O4S. The Kier molecular flexibility index (Phi) is 4.13. The van der Waals surface area contributed by atoms with Crippen LogP contribution in [0.2, 0.25) is 0 Å². The highest BCUT2D eigenvalue weighted by atomic mass is 32.1. The number of carboxylic acids is 1. The zero-order valence-corrected chi connectivity index (χ0v) is 11.6. The van der Waals surface area contributed by atoms with Crippen molar-refractivity contribution in [3.63, 3.8) is 0 Å². The van der Waals surface area contributed by atoms with Crippen LogP contribution in [0.1, 0.15) is 28.5 Å². The highest BCUT2D eigenvalue weighted by Crippen LogP contribution is 2.31. The molecule has 0 fully saturated rings. The fourth-order valence-electron chi connectivity index (χ4n) is 1.70. The van der Waals surface area contributed by atoms with Crippen molar-refractivity contribution in [2.75, 3.05) is 5.32 Å². The van der Waals surface area contributed by atoms with Gasteiger partial charge in [-0.1, -0.05) is 6.07 Å². The van der Waals surface area contributed by atoms with Gasteiger partial charge in [-0.25, -0.2) is 9.78 Å². The number of para-hydroxylation sites is 1. The Balaban J connectivity index is 2.27. The number of carbonyl (C=O) groups is 1. The van der Waals surface area contributed by atoms with Crippen molar-refractivity contribution in [3.8, 4) is 0 Å². The summed E-state index contributed by atoms with van der Waals surface area (Å²) in [7, 11) is 0. The second-order valence-electron chi connectivity index (χ2n) is 4.14. The standard InChI is InChI=1S/C12H10FN3O4S/c1-6(11-15-9(5-21-11)12(17)18)14-8-4-2-3-7(13)10(8)16(19)20/h2-6,14H,1H3,(H,17,18). The lowest BCUT2D eigenvalue weighted by molar-refractivity contribution is -0.386. The van der Waals surface area contributed by atoms with Crippen molar-refractivity contribution in [2.45, 2.75) is 13.0 Å². The van der Waals surface area contributed by atoms with Gasteiger partial charge in [0.1, 0.15) is 10.7 Å². The molecule has 1 atom stereocenters. The van der Waals surface area contributed by atoms with E-state index >= 15 is 0 Å². The van der Waals surface area contributed by atoms with Crippen LogP contribution in [0.5, 0.6) is 0 Å². The van der Waals surface area contributed by atoms with Crippen LogP contribution >= 0.6 is 11.3 Å². The molecule has 110 valence electrons. The Morgan fingerprint density at radius 1 is 1.57 bits per heavy atom. The highest BCUT2D eigenvalue weighted by molar-refractivity contribution is 7.09. The minimum atomic E-state index is -1.15. The lowest BCUT2D eigenvalue weighted by atomic mass is 10.2. The number of nitro groups is 1. The number of hydrogen-bond donors (Lipinski definition) is 2. The third kappa shape index (κ3) is 3.14. The number of thiazole rings is 1. The van der Waals surface area contributed by atoms with Crippen LogP contribution in [0.4, 0.5) is 15.8 Å². The van der Waals surface area contributed by atoms with Crippen LogP contribution in [-0.2, 0) is 0 Å². The minimum absolute atomic E-state index is 0.0135. The molecular weight excluding hydrogens is 301 g/mol. The Hall–Kier alpha value is -2.55. The molecule has 0 bridgehead atoms. The number of nitrogens with zero attached hydrogens (tertiary/aromatic N) is 2. The monoisotopic (exact) mass is 311 g/mol. The summed E-state index contributed by atoms with van der Waals surface area (Å²) in [6, 6.07) is 3.23. The Labute approximate surface area is 122 Å². The number of aromatic nitrogens is 1. The summed E-state index contributed by atoms with van der Waals surface area (Å²) < 4.78 is 13.5. The Bertz CT molecular complexity index is 704. The molecule has 0 aliphatic carbocycles. The predicted molar refractivity (Wildman–Crippen MR) is 74.2 cm³/mol. The number of rotatable bonds is 5. The zero-order chi connectivity index (χ0) is 15.6. The van der Waals surface area contributed by atoms with Crippen LogP contribution < -0.4 is 5.32 Å². The maximum absolute atomic E-state index is 13.5. The molecule has 21 heavy (non-hydrogen) atoms. The summed E-state index contributed by atoms with van der Waals surface area (Å²) in [6.45, 7) is 1.65. The molecule has 0 amide bonds. The van der Waals surface area contributed by atoms with E-state index < -0.39 is 28.4 Å². The van der Waals surface area contributed by atoms with Crippen molar-refractivity contribution in [3.05, 3.63) is 50.2 Å². The quantitative estimate of drug-likeness (QED) is 0.649. The van der Waals surface area contributed by atoms with E-state index in [-0.39, 0.29) is 11.4 Å². The second-order valence-corrected chi connectivity index (χ2v) is 5.02. The summed E-state index contributed by atoms with van der Waals surface area (Å²) in [5, 5.41) is 24.3. The number of halogens is 1. The second kappa shape index (κ2) is 5.83. The van der Waals surface area contributed by atoms with E-state index in [1.54, 1.807) is 6.92 Å². The lowest BCUT2D eigenvalue weighted by Gasteiger charge is -2.12. The van der Waals surface area contributed by atoms with Gasteiger partial charge in [0.2, 0.25) is 5.82 Å². The SMILES string of the molecule is CC(Nc1cccc(F)c1[N+](=O)[O-])c1nc(C(=O)O)cs1. The van der Waals surface area contributed by atoms with Crippen molar-refractivity contribution in [1.82, 2.24) is 4.98 Å². The van der Waals surface area contributed by atoms with Crippen LogP contribution in [0.15, 0.2) is 23.6 Å². The van der Waals surface area contributed by atoms with Gasteiger partial charge in [-0.3, -0.25) is 10.1 Å². The van der Waals surface area contributed by atoms with Crippen LogP contribution in [0, 0.1) is 15.9 Å². The maximum Gasteiger partial charge on any atom is 0.355 e. The molecule has 7 nitrogen and oxygen atoms in total. The average Bonchev–Trinajstić information content (AvgIpc) is 2.88. The molecule has 0 saturated heterocycles. The molecule has 0 aliphatic heterocycles. The molecule has 1 unspecified atom stereocenters. The van der Waals surface area contributed by atoms with Crippen molar-refractivity contribution in [1.29, 1.82) is 0 Å². The van der Waals surface area contributed by atoms with Gasteiger partial charge in [0.05, 0.1) is 11.0 Å². The molecule has 0 saturated carbocycles. The molecule has 0 aliphatic rings. The zero-order valence-electron chi connectivity index (χ0n) is 10.7. The van der Waals surface area contributed by atoms with Gasteiger partial charge in [-0.2, -0.15) is 4.39 Å². The van der Waals surface area contributed by atoms with Gasteiger partial charge in [0.25, 0.3) is 0 Å².